The van der Waals surface area contributed by atoms with Gasteiger partial charge in [-0.15, -0.1) is 0 Å². The molecule has 116 valence electrons. The van der Waals surface area contributed by atoms with Gasteiger partial charge >= 0.3 is 0 Å². The maximum atomic E-state index is 2.53. The molecule has 0 amide bonds. The van der Waals surface area contributed by atoms with E-state index in [4.69, 9.17) is 0 Å². The van der Waals surface area contributed by atoms with Gasteiger partial charge in [0.25, 0.3) is 0 Å². The smallest absolute Gasteiger partial charge is 0.0337 e. The van der Waals surface area contributed by atoms with Gasteiger partial charge in [-0.05, 0) is 85.4 Å². The molecule has 0 spiro atoms. The first-order valence-electron chi connectivity index (χ1n) is 9.47. The fraction of sp³-hybridized carbons (Fsp3) is 1.00. The molecule has 3 rings (SSSR count). The molecule has 3 aliphatic rings. The highest BCUT2D eigenvalue weighted by atomic mass is 14.5. The van der Waals surface area contributed by atoms with Crippen LogP contribution < -0.4 is 0 Å². The fourth-order valence-corrected chi connectivity index (χ4v) is 6.18. The van der Waals surface area contributed by atoms with E-state index in [-0.39, 0.29) is 0 Å². The van der Waals surface area contributed by atoms with Gasteiger partial charge in [0.05, 0.1) is 0 Å². The van der Waals surface area contributed by atoms with Crippen LogP contribution in [0.15, 0.2) is 0 Å². The standard InChI is InChI=1S/C20H36/c1-12(2)20-13(3)6-7-16(20)10-17-8-14(4)15(5)9-18-11-19(17)18/h12-20H,6-11H2,1-5H3. The first kappa shape index (κ1) is 14.9. The molecule has 0 saturated heterocycles. The van der Waals surface area contributed by atoms with Gasteiger partial charge < -0.3 is 0 Å². The van der Waals surface area contributed by atoms with Crippen LogP contribution in [0.4, 0.5) is 0 Å². The summed E-state index contributed by atoms with van der Waals surface area (Å²) in [7, 11) is 0. The molecular formula is C20H36. The van der Waals surface area contributed by atoms with Gasteiger partial charge in [-0.2, -0.15) is 0 Å². The lowest BCUT2D eigenvalue weighted by Gasteiger charge is -2.31. The number of rotatable bonds is 3. The van der Waals surface area contributed by atoms with Gasteiger partial charge in [-0.25, -0.2) is 0 Å². The van der Waals surface area contributed by atoms with Crippen molar-refractivity contribution in [1.29, 1.82) is 0 Å². The third kappa shape index (κ3) is 2.81. The van der Waals surface area contributed by atoms with Gasteiger partial charge in [-0.1, -0.05) is 41.0 Å². The Morgan fingerprint density at radius 1 is 0.800 bits per heavy atom. The highest BCUT2D eigenvalue weighted by molar-refractivity contribution is 4.98. The first-order chi connectivity index (χ1) is 9.47. The van der Waals surface area contributed by atoms with E-state index in [1.54, 1.807) is 12.8 Å². The van der Waals surface area contributed by atoms with Crippen LogP contribution in [-0.4, -0.2) is 0 Å². The molecular weight excluding hydrogens is 240 g/mol. The summed E-state index contributed by atoms with van der Waals surface area (Å²) in [6.45, 7) is 12.5. The lowest BCUT2D eigenvalue weighted by molar-refractivity contribution is 0.186. The van der Waals surface area contributed by atoms with E-state index in [0.29, 0.717) is 0 Å². The minimum atomic E-state index is 0.898. The van der Waals surface area contributed by atoms with Crippen LogP contribution >= 0.6 is 0 Å². The maximum absolute atomic E-state index is 2.53. The molecule has 3 aliphatic carbocycles. The molecule has 0 aromatic heterocycles. The van der Waals surface area contributed by atoms with Crippen molar-refractivity contribution in [3.8, 4) is 0 Å². The van der Waals surface area contributed by atoms with Gasteiger partial charge in [0, 0.05) is 0 Å². The lowest BCUT2D eigenvalue weighted by atomic mass is 9.75. The minimum absolute atomic E-state index is 0.898. The molecule has 20 heavy (non-hydrogen) atoms. The van der Waals surface area contributed by atoms with Crippen LogP contribution in [0.1, 0.15) is 73.1 Å². The van der Waals surface area contributed by atoms with Gasteiger partial charge in [0.1, 0.15) is 0 Å². The third-order valence-electron chi connectivity index (χ3n) is 7.47. The van der Waals surface area contributed by atoms with E-state index in [2.05, 4.69) is 34.6 Å². The third-order valence-corrected chi connectivity index (χ3v) is 7.47. The average molecular weight is 277 g/mol. The van der Waals surface area contributed by atoms with Crippen molar-refractivity contribution >= 4 is 0 Å². The predicted octanol–water partition coefficient (Wildman–Crippen LogP) is 6.01. The Hall–Kier alpha value is 0. The molecule has 0 nitrogen and oxygen atoms in total. The maximum Gasteiger partial charge on any atom is -0.0337 e. The van der Waals surface area contributed by atoms with E-state index >= 15 is 0 Å². The number of hydrogen-bond acceptors (Lipinski definition) is 0. The Balaban J connectivity index is 1.65. The molecule has 0 aromatic carbocycles. The van der Waals surface area contributed by atoms with Crippen molar-refractivity contribution in [3.05, 3.63) is 0 Å². The Morgan fingerprint density at radius 3 is 2.20 bits per heavy atom. The van der Waals surface area contributed by atoms with Crippen molar-refractivity contribution in [2.24, 2.45) is 53.3 Å². The second-order valence-corrected chi connectivity index (χ2v) is 9.22. The van der Waals surface area contributed by atoms with Crippen molar-refractivity contribution in [2.45, 2.75) is 73.1 Å². The summed E-state index contributed by atoms with van der Waals surface area (Å²) < 4.78 is 0. The van der Waals surface area contributed by atoms with Crippen molar-refractivity contribution < 1.29 is 0 Å². The lowest BCUT2D eigenvalue weighted by Crippen LogP contribution is -2.23. The molecule has 0 heterocycles. The molecule has 0 bridgehead atoms. The molecule has 0 heteroatoms. The van der Waals surface area contributed by atoms with Crippen LogP contribution in [-0.2, 0) is 0 Å². The summed E-state index contributed by atoms with van der Waals surface area (Å²) in [6, 6.07) is 0. The topological polar surface area (TPSA) is 0 Å². The monoisotopic (exact) mass is 276 g/mol. The van der Waals surface area contributed by atoms with E-state index < -0.39 is 0 Å². The second-order valence-electron chi connectivity index (χ2n) is 9.22. The summed E-state index contributed by atoms with van der Waals surface area (Å²) in [6.07, 6.45) is 9.26. The summed E-state index contributed by atoms with van der Waals surface area (Å²) in [5.74, 6) is 9.24. The van der Waals surface area contributed by atoms with E-state index in [9.17, 15) is 0 Å². The Kier molecular flexibility index (Phi) is 4.22. The van der Waals surface area contributed by atoms with E-state index in [0.717, 1.165) is 53.3 Å². The Bertz CT molecular complexity index is 331. The highest BCUT2D eigenvalue weighted by Gasteiger charge is 2.48. The predicted molar refractivity (Wildman–Crippen MR) is 87.5 cm³/mol. The van der Waals surface area contributed by atoms with Crippen molar-refractivity contribution in [2.75, 3.05) is 0 Å². The fourth-order valence-electron chi connectivity index (χ4n) is 6.18. The molecule has 0 N–H and O–H groups in total. The summed E-state index contributed by atoms with van der Waals surface area (Å²) in [5, 5.41) is 0. The van der Waals surface area contributed by atoms with Crippen LogP contribution in [0, 0.1) is 53.3 Å². The van der Waals surface area contributed by atoms with Crippen LogP contribution in [0.5, 0.6) is 0 Å². The number of hydrogen-bond donors (Lipinski definition) is 0. The zero-order valence-corrected chi connectivity index (χ0v) is 14.4. The normalized spacial score (nSPS) is 51.9. The largest absolute Gasteiger partial charge is 0.0625 e. The summed E-state index contributed by atoms with van der Waals surface area (Å²) >= 11 is 0. The number of fused-ring (bicyclic) bond motifs is 1. The van der Waals surface area contributed by atoms with Crippen LogP contribution in [0.2, 0.25) is 0 Å². The Morgan fingerprint density at radius 2 is 1.50 bits per heavy atom. The summed E-state index contributed by atoms with van der Waals surface area (Å²) in [5.41, 5.74) is 0. The van der Waals surface area contributed by atoms with Gasteiger partial charge in [-0.3, -0.25) is 0 Å². The molecule has 3 saturated carbocycles. The molecule has 0 aromatic rings. The van der Waals surface area contributed by atoms with Crippen molar-refractivity contribution in [3.63, 3.8) is 0 Å². The zero-order chi connectivity index (χ0) is 14.4. The highest BCUT2D eigenvalue weighted by Crippen LogP contribution is 2.57. The molecule has 3 fully saturated rings. The second kappa shape index (κ2) is 5.65. The van der Waals surface area contributed by atoms with Gasteiger partial charge in [0.2, 0.25) is 0 Å². The quantitative estimate of drug-likeness (QED) is 0.592. The van der Waals surface area contributed by atoms with Crippen molar-refractivity contribution in [1.82, 2.24) is 0 Å². The van der Waals surface area contributed by atoms with Crippen LogP contribution in [0.3, 0.4) is 0 Å². The minimum Gasteiger partial charge on any atom is -0.0625 e. The molecule has 0 aliphatic heterocycles. The average Bonchev–Trinajstić information content (AvgIpc) is 3.04. The van der Waals surface area contributed by atoms with Gasteiger partial charge in [0.15, 0.2) is 0 Å². The SMILES string of the molecule is CC(C)C1C(C)CCC1CC1CC(C)C(C)CC2CC12. The van der Waals surface area contributed by atoms with E-state index in [1.807, 2.05) is 0 Å². The molecule has 8 atom stereocenters. The molecule has 8 unspecified atom stereocenters. The summed E-state index contributed by atoms with van der Waals surface area (Å²) in [4.78, 5) is 0. The zero-order valence-electron chi connectivity index (χ0n) is 14.4. The Labute approximate surface area is 127 Å². The first-order valence-corrected chi connectivity index (χ1v) is 9.47. The van der Waals surface area contributed by atoms with Crippen LogP contribution in [0.25, 0.3) is 0 Å². The van der Waals surface area contributed by atoms with E-state index in [1.165, 1.54) is 25.7 Å². The molecule has 0 radical (unpaired) electrons.